The van der Waals surface area contributed by atoms with Crippen molar-refractivity contribution in [3.8, 4) is 0 Å². The molecule has 0 aliphatic carbocycles. The van der Waals surface area contributed by atoms with Crippen LogP contribution in [0.2, 0.25) is 6.04 Å². The van der Waals surface area contributed by atoms with Gasteiger partial charge in [0.15, 0.2) is 0 Å². The molecule has 0 N–H and O–H groups in total. The molecule has 1 aromatic rings. The zero-order valence-electron chi connectivity index (χ0n) is 11.5. The SMILES string of the molecule is CO[Si](CCCCCc1ccncc1)(OC)OC. The predicted octanol–water partition coefficient (Wildman–Crippen LogP) is 2.67. The Morgan fingerprint density at radius 1 is 0.944 bits per heavy atom. The zero-order valence-corrected chi connectivity index (χ0v) is 12.5. The van der Waals surface area contributed by atoms with Gasteiger partial charge in [-0.1, -0.05) is 6.42 Å². The van der Waals surface area contributed by atoms with Gasteiger partial charge in [0.2, 0.25) is 0 Å². The van der Waals surface area contributed by atoms with E-state index in [-0.39, 0.29) is 0 Å². The molecular formula is C13H23NO3Si. The molecule has 0 radical (unpaired) electrons. The highest BCUT2D eigenvalue weighted by atomic mass is 28.4. The predicted molar refractivity (Wildman–Crippen MR) is 73.4 cm³/mol. The highest BCUT2D eigenvalue weighted by molar-refractivity contribution is 6.60. The van der Waals surface area contributed by atoms with Crippen molar-refractivity contribution >= 4 is 8.80 Å². The molecule has 18 heavy (non-hydrogen) atoms. The smallest absolute Gasteiger partial charge is 0.377 e. The quantitative estimate of drug-likeness (QED) is 0.510. The minimum Gasteiger partial charge on any atom is -0.377 e. The molecule has 0 fully saturated rings. The summed E-state index contributed by atoms with van der Waals surface area (Å²) < 4.78 is 16.2. The molecule has 0 saturated carbocycles. The van der Waals surface area contributed by atoms with Crippen LogP contribution in [0.25, 0.3) is 0 Å². The topological polar surface area (TPSA) is 40.6 Å². The Kier molecular flexibility index (Phi) is 7.11. The summed E-state index contributed by atoms with van der Waals surface area (Å²) in [6.45, 7) is 0. The van der Waals surface area contributed by atoms with Gasteiger partial charge in [-0.2, -0.15) is 0 Å². The van der Waals surface area contributed by atoms with E-state index in [1.54, 1.807) is 21.3 Å². The van der Waals surface area contributed by atoms with Gasteiger partial charge in [0, 0.05) is 39.8 Å². The number of nitrogens with zero attached hydrogens (tertiary/aromatic N) is 1. The molecule has 0 atom stereocenters. The van der Waals surface area contributed by atoms with E-state index >= 15 is 0 Å². The maximum atomic E-state index is 5.39. The van der Waals surface area contributed by atoms with E-state index in [9.17, 15) is 0 Å². The van der Waals surface area contributed by atoms with E-state index in [1.807, 2.05) is 12.4 Å². The summed E-state index contributed by atoms with van der Waals surface area (Å²) >= 11 is 0. The first-order valence-electron chi connectivity index (χ1n) is 6.30. The first-order chi connectivity index (χ1) is 8.76. The van der Waals surface area contributed by atoms with E-state index in [0.29, 0.717) is 0 Å². The van der Waals surface area contributed by atoms with Gasteiger partial charge in [-0.05, 0) is 37.0 Å². The summed E-state index contributed by atoms with van der Waals surface area (Å²) in [7, 11) is 2.63. The van der Waals surface area contributed by atoms with Crippen LogP contribution in [0.1, 0.15) is 24.8 Å². The van der Waals surface area contributed by atoms with Crippen molar-refractivity contribution in [2.45, 2.75) is 31.7 Å². The lowest BCUT2D eigenvalue weighted by Crippen LogP contribution is -2.42. The normalized spacial score (nSPS) is 11.7. The third-order valence-corrected chi connectivity index (χ3v) is 5.96. The van der Waals surface area contributed by atoms with Gasteiger partial charge in [0.05, 0.1) is 0 Å². The second-order valence-corrected chi connectivity index (χ2v) is 7.30. The standard InChI is InChI=1S/C13H23NO3Si/c1-15-18(16-2,17-3)12-6-4-5-7-13-8-10-14-11-9-13/h8-11H,4-7,12H2,1-3H3. The molecule has 1 aromatic heterocycles. The van der Waals surface area contributed by atoms with E-state index in [2.05, 4.69) is 17.1 Å². The highest BCUT2D eigenvalue weighted by Gasteiger charge is 2.36. The van der Waals surface area contributed by atoms with Crippen molar-refractivity contribution in [2.75, 3.05) is 21.3 Å². The molecule has 0 bridgehead atoms. The fraction of sp³-hybridized carbons (Fsp3) is 0.615. The van der Waals surface area contributed by atoms with Crippen molar-refractivity contribution in [3.63, 3.8) is 0 Å². The van der Waals surface area contributed by atoms with Crippen LogP contribution in [-0.2, 0) is 19.7 Å². The molecule has 0 saturated heterocycles. The lowest BCUT2D eigenvalue weighted by Gasteiger charge is -2.24. The largest absolute Gasteiger partial charge is 0.500 e. The first kappa shape index (κ1) is 15.3. The van der Waals surface area contributed by atoms with Crippen LogP contribution >= 0.6 is 0 Å². The molecule has 1 heterocycles. The molecule has 0 spiro atoms. The van der Waals surface area contributed by atoms with Crippen molar-refractivity contribution in [1.29, 1.82) is 0 Å². The number of aromatic nitrogens is 1. The van der Waals surface area contributed by atoms with Crippen molar-refractivity contribution in [1.82, 2.24) is 4.98 Å². The van der Waals surface area contributed by atoms with Crippen LogP contribution < -0.4 is 0 Å². The van der Waals surface area contributed by atoms with Gasteiger partial charge in [0.1, 0.15) is 0 Å². The Morgan fingerprint density at radius 2 is 1.56 bits per heavy atom. The Morgan fingerprint density at radius 3 is 2.11 bits per heavy atom. The Labute approximate surface area is 111 Å². The van der Waals surface area contributed by atoms with E-state index in [0.717, 1.165) is 25.3 Å². The lowest BCUT2D eigenvalue weighted by molar-refractivity contribution is 0.122. The van der Waals surface area contributed by atoms with Gasteiger partial charge in [-0.15, -0.1) is 0 Å². The summed E-state index contributed by atoms with van der Waals surface area (Å²) in [5.41, 5.74) is 1.35. The Bertz CT molecular complexity index is 309. The third kappa shape index (κ3) is 4.86. The van der Waals surface area contributed by atoms with E-state index in [4.69, 9.17) is 13.3 Å². The van der Waals surface area contributed by atoms with Gasteiger partial charge in [-0.3, -0.25) is 4.98 Å². The van der Waals surface area contributed by atoms with E-state index < -0.39 is 8.80 Å². The average Bonchev–Trinajstić information content (AvgIpc) is 2.45. The second kappa shape index (κ2) is 8.37. The van der Waals surface area contributed by atoms with Crippen LogP contribution in [0.4, 0.5) is 0 Å². The maximum Gasteiger partial charge on any atom is 0.500 e. The third-order valence-electron chi connectivity index (χ3n) is 3.13. The summed E-state index contributed by atoms with van der Waals surface area (Å²) in [5.74, 6) is 0. The summed E-state index contributed by atoms with van der Waals surface area (Å²) in [6.07, 6.45) is 8.19. The number of hydrogen-bond acceptors (Lipinski definition) is 4. The maximum absolute atomic E-state index is 5.39. The average molecular weight is 269 g/mol. The van der Waals surface area contributed by atoms with Crippen LogP contribution in [-0.4, -0.2) is 35.1 Å². The van der Waals surface area contributed by atoms with Crippen molar-refractivity contribution < 1.29 is 13.3 Å². The summed E-state index contributed by atoms with van der Waals surface area (Å²) in [5, 5.41) is 0. The van der Waals surface area contributed by atoms with Crippen LogP contribution in [0.15, 0.2) is 24.5 Å². The summed E-state index contributed by atoms with van der Waals surface area (Å²) in [4.78, 5) is 4.01. The second-order valence-electron chi connectivity index (χ2n) is 4.21. The Balaban J connectivity index is 2.18. The molecular weight excluding hydrogens is 246 g/mol. The highest BCUT2D eigenvalue weighted by Crippen LogP contribution is 2.17. The van der Waals surface area contributed by atoms with Crippen LogP contribution in [0, 0.1) is 0 Å². The number of rotatable bonds is 9. The van der Waals surface area contributed by atoms with E-state index in [1.165, 1.54) is 12.0 Å². The minimum absolute atomic E-state index is 0.882. The van der Waals surface area contributed by atoms with Crippen molar-refractivity contribution in [2.24, 2.45) is 0 Å². The monoisotopic (exact) mass is 269 g/mol. The lowest BCUT2D eigenvalue weighted by atomic mass is 10.1. The first-order valence-corrected chi connectivity index (χ1v) is 8.24. The number of unbranched alkanes of at least 4 members (excludes halogenated alkanes) is 2. The fourth-order valence-electron chi connectivity index (χ4n) is 1.95. The molecule has 5 heteroatoms. The van der Waals surface area contributed by atoms with Gasteiger partial charge >= 0.3 is 8.80 Å². The van der Waals surface area contributed by atoms with Crippen LogP contribution in [0.3, 0.4) is 0 Å². The zero-order chi connectivity index (χ0) is 13.3. The molecule has 0 amide bonds. The number of pyridine rings is 1. The molecule has 4 nitrogen and oxygen atoms in total. The molecule has 0 unspecified atom stereocenters. The molecule has 102 valence electrons. The van der Waals surface area contributed by atoms with Crippen molar-refractivity contribution in [3.05, 3.63) is 30.1 Å². The molecule has 0 aliphatic heterocycles. The van der Waals surface area contributed by atoms with Gasteiger partial charge in [0.25, 0.3) is 0 Å². The van der Waals surface area contributed by atoms with Gasteiger partial charge < -0.3 is 13.3 Å². The molecule has 0 aromatic carbocycles. The molecule has 0 aliphatic rings. The van der Waals surface area contributed by atoms with Crippen LogP contribution in [0.5, 0.6) is 0 Å². The fourth-order valence-corrected chi connectivity index (χ4v) is 3.75. The molecule has 1 rings (SSSR count). The minimum atomic E-state index is -2.36. The Hall–Kier alpha value is -0.753. The van der Waals surface area contributed by atoms with Gasteiger partial charge in [-0.25, -0.2) is 0 Å². The number of aryl methyl sites for hydroxylation is 1. The summed E-state index contributed by atoms with van der Waals surface area (Å²) in [6, 6.07) is 5.02. The number of hydrogen-bond donors (Lipinski definition) is 0.